The van der Waals surface area contributed by atoms with Gasteiger partial charge in [-0.25, -0.2) is 4.98 Å². The number of likely N-dealkylation sites (N-methyl/N-ethyl adjacent to an activating group) is 1. The maximum Gasteiger partial charge on any atom is 0.268 e. The summed E-state index contributed by atoms with van der Waals surface area (Å²) in [5, 5.41) is 3.88. The van der Waals surface area contributed by atoms with Crippen molar-refractivity contribution < 1.29 is 4.79 Å². The lowest BCUT2D eigenvalue weighted by molar-refractivity contribution is 0.0787. The van der Waals surface area contributed by atoms with Gasteiger partial charge in [-0.05, 0) is 12.8 Å². The van der Waals surface area contributed by atoms with Gasteiger partial charge in [0.25, 0.3) is 5.91 Å². The second-order valence-corrected chi connectivity index (χ2v) is 5.64. The van der Waals surface area contributed by atoms with Crippen LogP contribution in [0.2, 0.25) is 0 Å². The molecule has 1 heterocycles. The Kier molecular flexibility index (Phi) is 5.82. The molecule has 6 heteroatoms. The predicted molar refractivity (Wildman–Crippen MR) is 81.6 cm³/mol. The summed E-state index contributed by atoms with van der Waals surface area (Å²) in [4.78, 5) is 18.7. The van der Waals surface area contributed by atoms with E-state index in [0.29, 0.717) is 34.8 Å². The number of hydrogen-bond donors (Lipinski definition) is 2. The molecule has 0 spiro atoms. The van der Waals surface area contributed by atoms with Crippen LogP contribution in [-0.4, -0.2) is 35.4 Å². The van der Waals surface area contributed by atoms with E-state index in [1.54, 1.807) is 11.0 Å². The van der Waals surface area contributed by atoms with Crippen LogP contribution in [0.15, 0.2) is 12.7 Å². The SMILES string of the molecule is C=CCN(CC)C(=O)c1sc(NCC(C)C)nc1N. The van der Waals surface area contributed by atoms with Gasteiger partial charge >= 0.3 is 0 Å². The maximum atomic E-state index is 12.3. The molecule has 1 amide bonds. The lowest BCUT2D eigenvalue weighted by Crippen LogP contribution is -2.30. The normalized spacial score (nSPS) is 10.5. The Balaban J connectivity index is 2.82. The molecule has 1 rings (SSSR count). The summed E-state index contributed by atoms with van der Waals surface area (Å²) in [7, 11) is 0. The summed E-state index contributed by atoms with van der Waals surface area (Å²) < 4.78 is 0. The monoisotopic (exact) mass is 282 g/mol. The molecule has 106 valence electrons. The molecule has 0 atom stereocenters. The number of thiazole rings is 1. The highest BCUT2D eigenvalue weighted by Crippen LogP contribution is 2.26. The highest BCUT2D eigenvalue weighted by atomic mass is 32.1. The molecule has 0 saturated carbocycles. The molecule has 0 aliphatic carbocycles. The topological polar surface area (TPSA) is 71.2 Å². The van der Waals surface area contributed by atoms with E-state index in [2.05, 4.69) is 30.7 Å². The summed E-state index contributed by atoms with van der Waals surface area (Å²) in [6.07, 6.45) is 1.70. The molecule has 0 aromatic carbocycles. The fourth-order valence-electron chi connectivity index (χ4n) is 1.51. The molecule has 0 fully saturated rings. The maximum absolute atomic E-state index is 12.3. The lowest BCUT2D eigenvalue weighted by atomic mass is 10.2. The Morgan fingerprint density at radius 1 is 1.63 bits per heavy atom. The van der Waals surface area contributed by atoms with Gasteiger partial charge in [0, 0.05) is 19.6 Å². The zero-order valence-corrected chi connectivity index (χ0v) is 12.6. The van der Waals surface area contributed by atoms with Crippen LogP contribution in [0, 0.1) is 5.92 Å². The van der Waals surface area contributed by atoms with Crippen molar-refractivity contribution in [2.45, 2.75) is 20.8 Å². The van der Waals surface area contributed by atoms with Crippen molar-refractivity contribution in [3.05, 3.63) is 17.5 Å². The van der Waals surface area contributed by atoms with Crippen LogP contribution < -0.4 is 11.1 Å². The number of nitrogens with one attached hydrogen (secondary N) is 1. The number of carbonyl (C=O) groups is 1. The van der Waals surface area contributed by atoms with Crippen molar-refractivity contribution in [1.82, 2.24) is 9.88 Å². The molecule has 0 unspecified atom stereocenters. The van der Waals surface area contributed by atoms with Crippen LogP contribution in [0.25, 0.3) is 0 Å². The number of carbonyl (C=O) groups excluding carboxylic acids is 1. The molecular formula is C13H22N4OS. The number of anilines is 2. The molecule has 0 radical (unpaired) electrons. The Bertz CT molecular complexity index is 442. The fraction of sp³-hybridized carbons (Fsp3) is 0.538. The van der Waals surface area contributed by atoms with Gasteiger partial charge in [-0.15, -0.1) is 6.58 Å². The fourth-order valence-corrected chi connectivity index (χ4v) is 2.37. The van der Waals surface area contributed by atoms with E-state index in [9.17, 15) is 4.79 Å². The average molecular weight is 282 g/mol. The van der Waals surface area contributed by atoms with Crippen LogP contribution in [0.1, 0.15) is 30.4 Å². The number of hydrogen-bond acceptors (Lipinski definition) is 5. The van der Waals surface area contributed by atoms with E-state index in [-0.39, 0.29) is 5.91 Å². The second-order valence-electron chi connectivity index (χ2n) is 4.64. The van der Waals surface area contributed by atoms with E-state index in [1.165, 1.54) is 11.3 Å². The smallest absolute Gasteiger partial charge is 0.268 e. The molecule has 0 saturated heterocycles. The van der Waals surface area contributed by atoms with Crippen LogP contribution in [0.5, 0.6) is 0 Å². The van der Waals surface area contributed by atoms with E-state index < -0.39 is 0 Å². The summed E-state index contributed by atoms with van der Waals surface area (Å²) in [5.74, 6) is 0.718. The van der Waals surface area contributed by atoms with Gasteiger partial charge in [-0.3, -0.25) is 4.79 Å². The van der Waals surface area contributed by atoms with Gasteiger partial charge < -0.3 is 16.0 Å². The minimum atomic E-state index is -0.0880. The number of aromatic nitrogens is 1. The van der Waals surface area contributed by atoms with Crippen molar-refractivity contribution in [3.8, 4) is 0 Å². The zero-order valence-electron chi connectivity index (χ0n) is 11.8. The number of nitrogens with two attached hydrogens (primary N) is 1. The minimum absolute atomic E-state index is 0.0880. The molecule has 5 nitrogen and oxygen atoms in total. The van der Waals surface area contributed by atoms with E-state index in [0.717, 1.165) is 6.54 Å². The average Bonchev–Trinajstić information content (AvgIpc) is 2.74. The molecule has 3 N–H and O–H groups in total. The molecular weight excluding hydrogens is 260 g/mol. The first kappa shape index (κ1) is 15.5. The molecule has 19 heavy (non-hydrogen) atoms. The third-order valence-electron chi connectivity index (χ3n) is 2.53. The molecule has 1 aromatic heterocycles. The summed E-state index contributed by atoms with van der Waals surface area (Å²) in [5.41, 5.74) is 5.82. The molecule has 0 bridgehead atoms. The van der Waals surface area contributed by atoms with Gasteiger partial charge in [0.2, 0.25) is 0 Å². The summed E-state index contributed by atoms with van der Waals surface area (Å²) >= 11 is 1.31. The number of amides is 1. The van der Waals surface area contributed by atoms with Crippen molar-refractivity contribution in [2.24, 2.45) is 5.92 Å². The number of rotatable bonds is 7. The Hall–Kier alpha value is -1.56. The van der Waals surface area contributed by atoms with Crippen molar-refractivity contribution >= 4 is 28.2 Å². The van der Waals surface area contributed by atoms with Crippen LogP contribution in [0.4, 0.5) is 10.9 Å². The Labute approximate surface area is 118 Å². The first-order valence-electron chi connectivity index (χ1n) is 6.39. The molecule has 0 aliphatic heterocycles. The third kappa shape index (κ3) is 4.24. The zero-order chi connectivity index (χ0) is 14.4. The van der Waals surface area contributed by atoms with Gasteiger partial charge in [0.05, 0.1) is 0 Å². The van der Waals surface area contributed by atoms with E-state index >= 15 is 0 Å². The van der Waals surface area contributed by atoms with Gasteiger partial charge in [0.1, 0.15) is 10.7 Å². The standard InChI is InChI=1S/C13H22N4OS/c1-5-7-17(6-2)12(18)10-11(14)16-13(19-10)15-8-9(3)4/h5,9H,1,6-8,14H2,2-4H3,(H,15,16). The van der Waals surface area contributed by atoms with Crippen LogP contribution >= 0.6 is 11.3 Å². The first-order valence-corrected chi connectivity index (χ1v) is 7.21. The number of nitrogen functional groups attached to an aromatic ring is 1. The Morgan fingerprint density at radius 3 is 2.84 bits per heavy atom. The lowest BCUT2D eigenvalue weighted by Gasteiger charge is -2.17. The van der Waals surface area contributed by atoms with E-state index in [4.69, 9.17) is 5.73 Å². The quantitative estimate of drug-likeness (QED) is 0.754. The summed E-state index contributed by atoms with van der Waals surface area (Å²) in [6.45, 7) is 11.7. The third-order valence-corrected chi connectivity index (χ3v) is 3.54. The largest absolute Gasteiger partial charge is 0.382 e. The van der Waals surface area contributed by atoms with Crippen molar-refractivity contribution in [3.63, 3.8) is 0 Å². The highest BCUT2D eigenvalue weighted by Gasteiger charge is 2.20. The number of nitrogens with zero attached hydrogens (tertiary/aromatic N) is 2. The Morgan fingerprint density at radius 2 is 2.32 bits per heavy atom. The minimum Gasteiger partial charge on any atom is -0.382 e. The highest BCUT2D eigenvalue weighted by molar-refractivity contribution is 7.18. The predicted octanol–water partition coefficient (Wildman–Crippen LogP) is 2.44. The van der Waals surface area contributed by atoms with Gasteiger partial charge in [-0.1, -0.05) is 31.3 Å². The van der Waals surface area contributed by atoms with E-state index in [1.807, 2.05) is 6.92 Å². The molecule has 0 aliphatic rings. The second kappa shape index (κ2) is 7.13. The van der Waals surface area contributed by atoms with Crippen LogP contribution in [-0.2, 0) is 0 Å². The van der Waals surface area contributed by atoms with Crippen molar-refractivity contribution in [1.29, 1.82) is 0 Å². The first-order chi connectivity index (χ1) is 8.99. The molecule has 1 aromatic rings. The van der Waals surface area contributed by atoms with Gasteiger partial charge in [-0.2, -0.15) is 0 Å². The van der Waals surface area contributed by atoms with Crippen LogP contribution in [0.3, 0.4) is 0 Å². The summed E-state index contributed by atoms with van der Waals surface area (Å²) in [6, 6.07) is 0. The van der Waals surface area contributed by atoms with Gasteiger partial charge in [0.15, 0.2) is 5.13 Å². The van der Waals surface area contributed by atoms with Crippen molar-refractivity contribution in [2.75, 3.05) is 30.7 Å².